The summed E-state index contributed by atoms with van der Waals surface area (Å²) in [5.41, 5.74) is 0.247. The van der Waals surface area contributed by atoms with Crippen LogP contribution in [0.4, 0.5) is 0 Å². The fourth-order valence-electron chi connectivity index (χ4n) is 2.15. The van der Waals surface area contributed by atoms with E-state index in [1.165, 1.54) is 11.3 Å². The molecule has 0 aliphatic carbocycles. The van der Waals surface area contributed by atoms with Crippen molar-refractivity contribution in [2.45, 2.75) is 19.8 Å². The number of hydrogen-bond donors (Lipinski definition) is 1. The molecule has 100 valence electrons. The number of carbonyl (C=O) groups is 1. The predicted molar refractivity (Wildman–Crippen MR) is 79.2 cm³/mol. The maximum absolute atomic E-state index is 12.0. The summed E-state index contributed by atoms with van der Waals surface area (Å²) >= 11 is 4.86. The average Bonchev–Trinajstić information content (AvgIpc) is 2.77. The molecule has 1 aromatic heterocycles. The van der Waals surface area contributed by atoms with E-state index in [4.69, 9.17) is 0 Å². The second-order valence-electron chi connectivity index (χ2n) is 5.40. The number of nitrogens with one attached hydrogen (secondary N) is 1. The van der Waals surface area contributed by atoms with Crippen molar-refractivity contribution in [3.05, 3.63) is 20.8 Å². The second kappa shape index (κ2) is 5.72. The SMILES string of the molecule is CN1CCC(C)(CNC(=O)c2ccc(Br)s2)CC1. The number of likely N-dealkylation sites (tertiary alicyclic amines) is 1. The molecule has 1 amide bonds. The number of nitrogens with zero attached hydrogens (tertiary/aromatic N) is 1. The molecule has 1 aliphatic rings. The van der Waals surface area contributed by atoms with E-state index in [2.05, 4.69) is 40.1 Å². The van der Waals surface area contributed by atoms with E-state index in [1.54, 1.807) is 0 Å². The van der Waals surface area contributed by atoms with Crippen molar-refractivity contribution in [3.8, 4) is 0 Å². The van der Waals surface area contributed by atoms with Gasteiger partial charge in [-0.25, -0.2) is 0 Å². The Morgan fingerprint density at radius 1 is 1.50 bits per heavy atom. The molecule has 0 saturated carbocycles. The molecular formula is C13H19BrN2OS. The van der Waals surface area contributed by atoms with Crippen molar-refractivity contribution < 1.29 is 4.79 Å². The van der Waals surface area contributed by atoms with Crippen LogP contribution >= 0.6 is 27.3 Å². The average molecular weight is 331 g/mol. The van der Waals surface area contributed by atoms with E-state index in [9.17, 15) is 4.79 Å². The maximum Gasteiger partial charge on any atom is 0.261 e. The van der Waals surface area contributed by atoms with Gasteiger partial charge in [-0.05, 0) is 66.5 Å². The normalized spacial score (nSPS) is 19.7. The number of hydrogen-bond acceptors (Lipinski definition) is 3. The minimum Gasteiger partial charge on any atom is -0.351 e. The first kappa shape index (κ1) is 14.0. The zero-order valence-corrected chi connectivity index (χ0v) is 13.2. The molecule has 1 saturated heterocycles. The third kappa shape index (κ3) is 3.56. The highest BCUT2D eigenvalue weighted by molar-refractivity contribution is 9.11. The van der Waals surface area contributed by atoms with Gasteiger partial charge in [-0.1, -0.05) is 6.92 Å². The molecule has 3 nitrogen and oxygen atoms in total. The smallest absolute Gasteiger partial charge is 0.261 e. The zero-order chi connectivity index (χ0) is 13.2. The molecule has 18 heavy (non-hydrogen) atoms. The van der Waals surface area contributed by atoms with Crippen LogP contribution in [-0.4, -0.2) is 37.5 Å². The lowest BCUT2D eigenvalue weighted by molar-refractivity contribution is 0.0895. The molecule has 0 unspecified atom stereocenters. The molecule has 0 atom stereocenters. The lowest BCUT2D eigenvalue weighted by atomic mass is 9.80. The Labute approximate surface area is 121 Å². The molecule has 1 aliphatic heterocycles. The van der Waals surface area contributed by atoms with Gasteiger partial charge in [0, 0.05) is 6.54 Å². The van der Waals surface area contributed by atoms with E-state index in [0.717, 1.165) is 41.1 Å². The highest BCUT2D eigenvalue weighted by atomic mass is 79.9. The molecular weight excluding hydrogens is 312 g/mol. The van der Waals surface area contributed by atoms with Crippen molar-refractivity contribution >= 4 is 33.2 Å². The van der Waals surface area contributed by atoms with E-state index < -0.39 is 0 Å². The van der Waals surface area contributed by atoms with Gasteiger partial charge >= 0.3 is 0 Å². The van der Waals surface area contributed by atoms with Gasteiger partial charge in [0.05, 0.1) is 8.66 Å². The van der Waals surface area contributed by atoms with Gasteiger partial charge in [0.1, 0.15) is 0 Å². The molecule has 2 heterocycles. The van der Waals surface area contributed by atoms with Crippen LogP contribution in [-0.2, 0) is 0 Å². The molecule has 5 heteroatoms. The number of thiophene rings is 1. The van der Waals surface area contributed by atoms with Crippen LogP contribution in [0.5, 0.6) is 0 Å². The largest absolute Gasteiger partial charge is 0.351 e. The Hall–Kier alpha value is -0.390. The van der Waals surface area contributed by atoms with Crippen LogP contribution < -0.4 is 5.32 Å². The summed E-state index contributed by atoms with van der Waals surface area (Å²) in [5, 5.41) is 3.07. The molecule has 1 fully saturated rings. The number of halogens is 1. The van der Waals surface area contributed by atoms with Crippen LogP contribution in [0.1, 0.15) is 29.4 Å². The van der Waals surface area contributed by atoms with Crippen LogP contribution in [0.25, 0.3) is 0 Å². The molecule has 0 aromatic carbocycles. The van der Waals surface area contributed by atoms with E-state index in [1.807, 2.05) is 12.1 Å². The predicted octanol–water partition coefficient (Wildman–Crippen LogP) is 2.97. The molecule has 0 spiro atoms. The van der Waals surface area contributed by atoms with E-state index >= 15 is 0 Å². The topological polar surface area (TPSA) is 32.3 Å². The lowest BCUT2D eigenvalue weighted by Gasteiger charge is -2.37. The summed E-state index contributed by atoms with van der Waals surface area (Å²) in [6.45, 7) is 5.29. The van der Waals surface area contributed by atoms with Gasteiger partial charge in [0.2, 0.25) is 0 Å². The minimum absolute atomic E-state index is 0.0471. The molecule has 0 bridgehead atoms. The first-order valence-corrected chi connectivity index (χ1v) is 7.82. The quantitative estimate of drug-likeness (QED) is 0.924. The number of amides is 1. The zero-order valence-electron chi connectivity index (χ0n) is 10.8. The standard InChI is InChI=1S/C13H19BrN2OS/c1-13(5-7-16(2)8-6-13)9-15-12(17)10-3-4-11(14)18-10/h3-4H,5-9H2,1-2H3,(H,15,17). The lowest BCUT2D eigenvalue weighted by Crippen LogP contribution is -2.43. The van der Waals surface area contributed by atoms with Gasteiger partial charge in [-0.3, -0.25) is 4.79 Å². The van der Waals surface area contributed by atoms with Crippen LogP contribution in [0.15, 0.2) is 15.9 Å². The van der Waals surface area contributed by atoms with Crippen molar-refractivity contribution in [3.63, 3.8) is 0 Å². The van der Waals surface area contributed by atoms with Crippen LogP contribution in [0.2, 0.25) is 0 Å². The highest BCUT2D eigenvalue weighted by Crippen LogP contribution is 2.29. The Balaban J connectivity index is 1.86. The van der Waals surface area contributed by atoms with Gasteiger partial charge in [0.15, 0.2) is 0 Å². The maximum atomic E-state index is 12.0. The van der Waals surface area contributed by atoms with Crippen LogP contribution in [0, 0.1) is 5.41 Å². The highest BCUT2D eigenvalue weighted by Gasteiger charge is 2.29. The summed E-state index contributed by atoms with van der Waals surface area (Å²) < 4.78 is 0.998. The fourth-order valence-corrected chi connectivity index (χ4v) is 3.45. The molecule has 0 radical (unpaired) electrons. The third-order valence-corrected chi connectivity index (χ3v) is 5.29. The monoisotopic (exact) mass is 330 g/mol. The van der Waals surface area contributed by atoms with E-state index in [0.29, 0.717) is 0 Å². The van der Waals surface area contributed by atoms with Crippen LogP contribution in [0.3, 0.4) is 0 Å². The van der Waals surface area contributed by atoms with Crippen molar-refractivity contribution in [1.82, 2.24) is 10.2 Å². The molecule has 1 N–H and O–H groups in total. The Kier molecular flexibility index (Phi) is 4.45. The fraction of sp³-hybridized carbons (Fsp3) is 0.615. The number of rotatable bonds is 3. The summed E-state index contributed by atoms with van der Waals surface area (Å²) in [6, 6.07) is 3.78. The summed E-state index contributed by atoms with van der Waals surface area (Å²) in [7, 11) is 2.15. The van der Waals surface area contributed by atoms with Gasteiger partial charge < -0.3 is 10.2 Å². The second-order valence-corrected chi connectivity index (χ2v) is 7.86. The van der Waals surface area contributed by atoms with Gasteiger partial charge in [-0.15, -0.1) is 11.3 Å². The Morgan fingerprint density at radius 3 is 2.72 bits per heavy atom. The molecule has 1 aromatic rings. The van der Waals surface area contributed by atoms with Crippen molar-refractivity contribution in [2.75, 3.05) is 26.7 Å². The van der Waals surface area contributed by atoms with Crippen molar-refractivity contribution in [2.24, 2.45) is 5.41 Å². The van der Waals surface area contributed by atoms with E-state index in [-0.39, 0.29) is 11.3 Å². The summed E-state index contributed by atoms with van der Waals surface area (Å²) in [4.78, 5) is 15.1. The first-order valence-electron chi connectivity index (χ1n) is 6.21. The van der Waals surface area contributed by atoms with Crippen molar-refractivity contribution in [1.29, 1.82) is 0 Å². The Bertz CT molecular complexity index is 424. The summed E-state index contributed by atoms with van der Waals surface area (Å²) in [5.74, 6) is 0.0471. The first-order chi connectivity index (χ1) is 8.48. The minimum atomic E-state index is 0.0471. The number of carbonyl (C=O) groups excluding carboxylic acids is 1. The summed E-state index contributed by atoms with van der Waals surface area (Å²) in [6.07, 6.45) is 2.30. The van der Waals surface area contributed by atoms with Gasteiger partial charge in [-0.2, -0.15) is 0 Å². The third-order valence-electron chi connectivity index (χ3n) is 3.67. The van der Waals surface area contributed by atoms with Gasteiger partial charge in [0.25, 0.3) is 5.91 Å². The Morgan fingerprint density at radius 2 is 2.17 bits per heavy atom. The number of piperidine rings is 1. The molecule has 2 rings (SSSR count).